The van der Waals surface area contributed by atoms with Gasteiger partial charge < -0.3 is 4.90 Å². The fourth-order valence-corrected chi connectivity index (χ4v) is 3.50. The Morgan fingerprint density at radius 3 is 2.80 bits per heavy atom. The van der Waals surface area contributed by atoms with Crippen molar-refractivity contribution in [3.63, 3.8) is 0 Å². The van der Waals surface area contributed by atoms with Crippen LogP contribution in [0, 0.1) is 15.4 Å². The van der Waals surface area contributed by atoms with Crippen molar-refractivity contribution in [1.82, 2.24) is 14.7 Å². The van der Waals surface area contributed by atoms with Crippen LogP contribution in [0.15, 0.2) is 18.2 Å². The molecule has 0 N–H and O–H groups in total. The van der Waals surface area contributed by atoms with Crippen molar-refractivity contribution in [1.29, 1.82) is 0 Å². The van der Waals surface area contributed by atoms with Crippen molar-refractivity contribution in [3.05, 3.63) is 27.7 Å². The number of nitrogens with zero attached hydrogens (tertiary/aromatic N) is 3. The lowest BCUT2D eigenvalue weighted by molar-refractivity contribution is 0.185. The first-order valence-corrected chi connectivity index (χ1v) is 8.25. The number of piperidine rings is 1. The number of hydrogen-bond acceptors (Lipinski definition) is 2. The molecule has 1 saturated heterocycles. The van der Waals surface area contributed by atoms with Crippen LogP contribution in [0.4, 0.5) is 4.39 Å². The van der Waals surface area contributed by atoms with E-state index in [1.807, 2.05) is 10.7 Å². The lowest BCUT2D eigenvalue weighted by Crippen LogP contribution is -2.35. The van der Waals surface area contributed by atoms with Gasteiger partial charge in [0.1, 0.15) is 9.52 Å². The second kappa shape index (κ2) is 5.97. The van der Waals surface area contributed by atoms with E-state index in [-0.39, 0.29) is 5.82 Å². The average Bonchev–Trinajstić information content (AvgIpc) is 2.74. The Hall–Kier alpha value is -0.690. The van der Waals surface area contributed by atoms with Gasteiger partial charge in [-0.1, -0.05) is 6.92 Å². The summed E-state index contributed by atoms with van der Waals surface area (Å²) in [6.45, 7) is 6.60. The van der Waals surface area contributed by atoms with Gasteiger partial charge in [-0.05, 0) is 72.6 Å². The maximum atomic E-state index is 13.3. The minimum atomic E-state index is -0.194. The first-order chi connectivity index (χ1) is 9.63. The van der Waals surface area contributed by atoms with Gasteiger partial charge in [-0.15, -0.1) is 0 Å². The van der Waals surface area contributed by atoms with E-state index in [2.05, 4.69) is 39.5 Å². The van der Waals surface area contributed by atoms with Crippen molar-refractivity contribution < 1.29 is 4.39 Å². The molecule has 0 spiro atoms. The summed E-state index contributed by atoms with van der Waals surface area (Å²) >= 11 is 2.18. The third kappa shape index (κ3) is 2.98. The summed E-state index contributed by atoms with van der Waals surface area (Å²) in [5.74, 6) is 0.667. The molecule has 0 amide bonds. The lowest BCUT2D eigenvalue weighted by Gasteiger charge is -2.30. The van der Waals surface area contributed by atoms with E-state index in [9.17, 15) is 4.39 Å². The zero-order chi connectivity index (χ0) is 14.1. The van der Waals surface area contributed by atoms with Crippen LogP contribution >= 0.6 is 22.6 Å². The molecule has 1 aromatic heterocycles. The molecule has 0 radical (unpaired) electrons. The number of benzene rings is 1. The second-order valence-electron chi connectivity index (χ2n) is 5.70. The molecule has 3 rings (SSSR count). The smallest absolute Gasteiger partial charge is 0.131 e. The van der Waals surface area contributed by atoms with Gasteiger partial charge in [-0.2, -0.15) is 5.10 Å². The van der Waals surface area contributed by atoms with Crippen LogP contribution in [0.5, 0.6) is 0 Å². The largest absolute Gasteiger partial charge is 0.301 e. The number of fused-ring (bicyclic) bond motifs is 1. The molecule has 1 aromatic carbocycles. The van der Waals surface area contributed by atoms with Gasteiger partial charge in [0.05, 0.1) is 12.1 Å². The Morgan fingerprint density at radius 1 is 1.30 bits per heavy atom. The van der Waals surface area contributed by atoms with Crippen LogP contribution in [-0.2, 0) is 6.54 Å². The summed E-state index contributed by atoms with van der Waals surface area (Å²) in [6, 6.07) is 4.92. The van der Waals surface area contributed by atoms with Crippen molar-refractivity contribution in [2.75, 3.05) is 19.6 Å². The highest BCUT2D eigenvalue weighted by atomic mass is 127. The summed E-state index contributed by atoms with van der Waals surface area (Å²) in [5.41, 5.74) is 1.03. The molecule has 2 aromatic rings. The summed E-state index contributed by atoms with van der Waals surface area (Å²) < 4.78 is 16.2. The molecule has 2 heterocycles. The van der Waals surface area contributed by atoms with E-state index >= 15 is 0 Å². The van der Waals surface area contributed by atoms with E-state index in [0.717, 1.165) is 33.6 Å². The molecular weight excluding hydrogens is 368 g/mol. The predicted octanol–water partition coefficient (Wildman–Crippen LogP) is 3.51. The Morgan fingerprint density at radius 2 is 2.05 bits per heavy atom. The maximum absolute atomic E-state index is 13.3. The van der Waals surface area contributed by atoms with Crippen LogP contribution in [-0.4, -0.2) is 34.3 Å². The molecule has 0 bridgehead atoms. The topological polar surface area (TPSA) is 21.1 Å². The van der Waals surface area contributed by atoms with Gasteiger partial charge in [-0.25, -0.2) is 4.39 Å². The Labute approximate surface area is 132 Å². The number of halogens is 2. The standard InChI is InChI=1S/C15H19FIN3/c1-11-4-6-19(7-5-11)8-9-20-14-3-2-12(16)10-13(14)15(17)18-20/h2-3,10-11H,4-9H2,1H3. The Kier molecular flexibility index (Phi) is 4.26. The molecule has 0 saturated carbocycles. The fraction of sp³-hybridized carbons (Fsp3) is 0.533. The molecule has 3 nitrogen and oxygen atoms in total. The van der Waals surface area contributed by atoms with Gasteiger partial charge in [0.15, 0.2) is 0 Å². The molecule has 0 atom stereocenters. The monoisotopic (exact) mass is 387 g/mol. The highest BCUT2D eigenvalue weighted by molar-refractivity contribution is 14.1. The van der Waals surface area contributed by atoms with Crippen LogP contribution in [0.25, 0.3) is 10.9 Å². The van der Waals surface area contributed by atoms with Crippen molar-refractivity contribution in [3.8, 4) is 0 Å². The highest BCUT2D eigenvalue weighted by Gasteiger charge is 2.16. The SMILES string of the molecule is CC1CCN(CCn2nc(I)c3cc(F)ccc32)CC1. The molecule has 20 heavy (non-hydrogen) atoms. The van der Waals surface area contributed by atoms with Gasteiger partial charge in [0.2, 0.25) is 0 Å². The maximum Gasteiger partial charge on any atom is 0.131 e. The first kappa shape index (κ1) is 14.3. The summed E-state index contributed by atoms with van der Waals surface area (Å²) in [7, 11) is 0. The van der Waals surface area contributed by atoms with Gasteiger partial charge >= 0.3 is 0 Å². The van der Waals surface area contributed by atoms with E-state index in [1.165, 1.54) is 32.0 Å². The van der Waals surface area contributed by atoms with Crippen LogP contribution in [0.3, 0.4) is 0 Å². The molecule has 1 aliphatic rings. The molecule has 0 unspecified atom stereocenters. The zero-order valence-corrected chi connectivity index (χ0v) is 13.8. The van der Waals surface area contributed by atoms with E-state index in [4.69, 9.17) is 0 Å². The minimum Gasteiger partial charge on any atom is -0.301 e. The number of hydrogen-bond donors (Lipinski definition) is 0. The van der Waals surface area contributed by atoms with Gasteiger partial charge in [0.25, 0.3) is 0 Å². The third-order valence-electron chi connectivity index (χ3n) is 4.17. The van der Waals surface area contributed by atoms with Gasteiger partial charge in [-0.3, -0.25) is 4.68 Å². The normalized spacial score (nSPS) is 17.9. The van der Waals surface area contributed by atoms with E-state index in [0.29, 0.717) is 0 Å². The molecule has 1 aliphatic heterocycles. The molecule has 108 valence electrons. The Bertz CT molecular complexity index is 602. The highest BCUT2D eigenvalue weighted by Crippen LogP contribution is 2.22. The lowest BCUT2D eigenvalue weighted by atomic mass is 9.99. The fourth-order valence-electron chi connectivity index (χ4n) is 2.80. The predicted molar refractivity (Wildman–Crippen MR) is 87.2 cm³/mol. The Balaban J connectivity index is 1.71. The number of likely N-dealkylation sites (tertiary alicyclic amines) is 1. The minimum absolute atomic E-state index is 0.194. The summed E-state index contributed by atoms with van der Waals surface area (Å²) in [4.78, 5) is 2.50. The van der Waals surface area contributed by atoms with Gasteiger partial charge in [0, 0.05) is 11.9 Å². The molecule has 5 heteroatoms. The molecule has 1 fully saturated rings. The summed E-state index contributed by atoms with van der Waals surface area (Å²) in [6.07, 6.45) is 2.59. The van der Waals surface area contributed by atoms with Crippen molar-refractivity contribution in [2.24, 2.45) is 5.92 Å². The zero-order valence-electron chi connectivity index (χ0n) is 11.6. The van der Waals surface area contributed by atoms with Crippen molar-refractivity contribution in [2.45, 2.75) is 26.3 Å². The van der Waals surface area contributed by atoms with Crippen LogP contribution < -0.4 is 0 Å². The van der Waals surface area contributed by atoms with Crippen LogP contribution in [0.1, 0.15) is 19.8 Å². The average molecular weight is 387 g/mol. The van der Waals surface area contributed by atoms with E-state index < -0.39 is 0 Å². The quantitative estimate of drug-likeness (QED) is 0.752. The first-order valence-electron chi connectivity index (χ1n) is 7.17. The third-order valence-corrected chi connectivity index (χ3v) is 4.97. The summed E-state index contributed by atoms with van der Waals surface area (Å²) in [5, 5.41) is 5.45. The van der Waals surface area contributed by atoms with E-state index in [1.54, 1.807) is 6.07 Å². The molecule has 0 aliphatic carbocycles. The van der Waals surface area contributed by atoms with Crippen LogP contribution in [0.2, 0.25) is 0 Å². The molecular formula is C15H19FIN3. The van der Waals surface area contributed by atoms with Crippen molar-refractivity contribution >= 4 is 33.5 Å². The second-order valence-corrected chi connectivity index (χ2v) is 6.72. The number of aromatic nitrogens is 2. The number of rotatable bonds is 3.